The van der Waals surface area contributed by atoms with Crippen molar-refractivity contribution in [3.63, 3.8) is 0 Å². The summed E-state index contributed by atoms with van der Waals surface area (Å²) < 4.78 is 6.66. The van der Waals surface area contributed by atoms with Crippen molar-refractivity contribution in [2.24, 2.45) is 0 Å². The molecule has 1 fully saturated rings. The number of furan rings is 1. The number of carbonyl (C=O) groups is 1. The molecule has 0 aliphatic carbocycles. The number of hydrogen-bond donors (Lipinski definition) is 2. The lowest BCUT2D eigenvalue weighted by atomic mass is 10.2. The van der Waals surface area contributed by atoms with Crippen LogP contribution in [0.1, 0.15) is 10.6 Å². The zero-order valence-electron chi connectivity index (χ0n) is 17.4. The maximum atomic E-state index is 12.5. The summed E-state index contributed by atoms with van der Waals surface area (Å²) in [6.07, 6.45) is 0. The van der Waals surface area contributed by atoms with E-state index in [2.05, 4.69) is 43.4 Å². The number of nitrogens with zero attached hydrogens (tertiary/aromatic N) is 2. The van der Waals surface area contributed by atoms with Gasteiger partial charge in [0.15, 0.2) is 10.9 Å². The Balaban J connectivity index is 1.36. The SMILES string of the molecule is CN1CCN(c2ccc(NC(=S)NC(=O)c3ccc(-c4ccc(Br)cc4)o3)cc2Cl)CC1. The van der Waals surface area contributed by atoms with E-state index in [0.29, 0.717) is 16.5 Å². The highest BCUT2D eigenvalue weighted by Gasteiger charge is 2.17. The largest absolute Gasteiger partial charge is 0.451 e. The number of rotatable bonds is 4. The molecule has 1 aliphatic heterocycles. The van der Waals surface area contributed by atoms with E-state index >= 15 is 0 Å². The van der Waals surface area contributed by atoms with Crippen molar-refractivity contribution < 1.29 is 9.21 Å². The third-order valence-corrected chi connectivity index (χ3v) is 6.27. The van der Waals surface area contributed by atoms with Crippen LogP contribution in [0.3, 0.4) is 0 Å². The van der Waals surface area contributed by atoms with Gasteiger partial charge in [-0.15, -0.1) is 0 Å². The van der Waals surface area contributed by atoms with Crippen LogP contribution in [0.25, 0.3) is 11.3 Å². The summed E-state index contributed by atoms with van der Waals surface area (Å²) in [6.45, 7) is 3.87. The lowest BCUT2D eigenvalue weighted by Crippen LogP contribution is -2.44. The molecule has 6 nitrogen and oxygen atoms in total. The first-order valence-corrected chi connectivity index (χ1v) is 11.7. The first-order chi connectivity index (χ1) is 15.4. The zero-order chi connectivity index (χ0) is 22.7. The number of benzene rings is 2. The van der Waals surface area contributed by atoms with E-state index < -0.39 is 5.91 Å². The molecule has 0 bridgehead atoms. The number of nitrogens with one attached hydrogen (secondary N) is 2. The molecule has 0 unspecified atom stereocenters. The molecule has 9 heteroatoms. The average molecular weight is 534 g/mol. The maximum Gasteiger partial charge on any atom is 0.293 e. The van der Waals surface area contributed by atoms with Gasteiger partial charge in [0, 0.05) is 41.9 Å². The molecule has 4 rings (SSSR count). The van der Waals surface area contributed by atoms with Gasteiger partial charge < -0.3 is 19.5 Å². The molecule has 1 saturated heterocycles. The molecule has 166 valence electrons. The monoisotopic (exact) mass is 532 g/mol. The molecule has 32 heavy (non-hydrogen) atoms. The Labute approximate surface area is 205 Å². The molecule has 1 aliphatic rings. The highest BCUT2D eigenvalue weighted by atomic mass is 79.9. The number of halogens is 2. The Morgan fingerprint density at radius 1 is 1.06 bits per heavy atom. The van der Waals surface area contributed by atoms with E-state index in [0.717, 1.165) is 41.9 Å². The maximum absolute atomic E-state index is 12.5. The van der Waals surface area contributed by atoms with E-state index in [-0.39, 0.29) is 10.9 Å². The molecule has 1 aromatic heterocycles. The number of hydrogen-bond acceptors (Lipinski definition) is 5. The number of anilines is 2. The number of amides is 1. The fraction of sp³-hybridized carbons (Fsp3) is 0.217. The van der Waals surface area contributed by atoms with Crippen LogP contribution in [0.4, 0.5) is 11.4 Å². The van der Waals surface area contributed by atoms with Gasteiger partial charge in [-0.3, -0.25) is 10.1 Å². The summed E-state index contributed by atoms with van der Waals surface area (Å²) in [5, 5.41) is 6.45. The van der Waals surface area contributed by atoms with Crippen molar-refractivity contribution in [2.45, 2.75) is 0 Å². The molecule has 2 N–H and O–H groups in total. The van der Waals surface area contributed by atoms with E-state index in [9.17, 15) is 4.79 Å². The smallest absolute Gasteiger partial charge is 0.293 e. The van der Waals surface area contributed by atoms with Gasteiger partial charge in [0.1, 0.15) is 5.76 Å². The second-order valence-corrected chi connectivity index (χ2v) is 9.27. The highest BCUT2D eigenvalue weighted by Crippen LogP contribution is 2.29. The standard InChI is InChI=1S/C23H22BrClN4O2S/c1-28-10-12-29(13-11-28)19-7-6-17(14-18(19)25)26-23(32)27-22(30)21-9-8-20(31-21)15-2-4-16(24)5-3-15/h2-9,14H,10-13H2,1H3,(H2,26,27,30,32). The van der Waals surface area contributed by atoms with Crippen molar-refractivity contribution in [3.05, 3.63) is 69.9 Å². The van der Waals surface area contributed by atoms with Crippen molar-refractivity contribution in [1.29, 1.82) is 0 Å². The molecule has 2 aromatic carbocycles. The molecule has 3 aromatic rings. The lowest BCUT2D eigenvalue weighted by molar-refractivity contribution is 0.0951. The second kappa shape index (κ2) is 10.0. The Bertz CT molecular complexity index is 1130. The summed E-state index contributed by atoms with van der Waals surface area (Å²) in [4.78, 5) is 17.1. The predicted molar refractivity (Wildman–Crippen MR) is 137 cm³/mol. The van der Waals surface area contributed by atoms with E-state index in [4.69, 9.17) is 28.2 Å². The fourth-order valence-electron chi connectivity index (χ4n) is 3.44. The Hall–Kier alpha value is -2.39. The quantitative estimate of drug-likeness (QED) is 0.447. The molecule has 0 spiro atoms. The van der Waals surface area contributed by atoms with Crippen LogP contribution in [0.15, 0.2) is 63.5 Å². The van der Waals surface area contributed by atoms with Crippen LogP contribution in [0.5, 0.6) is 0 Å². The van der Waals surface area contributed by atoms with Gasteiger partial charge in [-0.1, -0.05) is 39.7 Å². The van der Waals surface area contributed by atoms with Crippen molar-refractivity contribution in [3.8, 4) is 11.3 Å². The zero-order valence-corrected chi connectivity index (χ0v) is 20.6. The number of carbonyl (C=O) groups excluding carboxylic acids is 1. The molecule has 1 amide bonds. The van der Waals surface area contributed by atoms with Crippen molar-refractivity contribution in [2.75, 3.05) is 43.4 Å². The first kappa shape index (κ1) is 22.8. The van der Waals surface area contributed by atoms with Gasteiger partial charge in [0.25, 0.3) is 5.91 Å². The van der Waals surface area contributed by atoms with Gasteiger partial charge in [0.05, 0.1) is 10.7 Å². The van der Waals surface area contributed by atoms with E-state index in [1.54, 1.807) is 12.1 Å². The third-order valence-electron chi connectivity index (χ3n) is 5.24. The highest BCUT2D eigenvalue weighted by molar-refractivity contribution is 9.10. The number of thiocarbonyl (C=S) groups is 1. The van der Waals surface area contributed by atoms with Crippen molar-refractivity contribution >= 4 is 62.1 Å². The summed E-state index contributed by atoms with van der Waals surface area (Å²) >= 11 is 15.2. The van der Waals surface area contributed by atoms with Gasteiger partial charge in [-0.2, -0.15) is 0 Å². The molecule has 2 heterocycles. The minimum Gasteiger partial charge on any atom is -0.451 e. The van der Waals surface area contributed by atoms with Crippen LogP contribution in [0.2, 0.25) is 5.02 Å². The minimum atomic E-state index is -0.425. The van der Waals surface area contributed by atoms with Gasteiger partial charge >= 0.3 is 0 Å². The van der Waals surface area contributed by atoms with Crippen molar-refractivity contribution in [1.82, 2.24) is 10.2 Å². The minimum absolute atomic E-state index is 0.167. The van der Waals surface area contributed by atoms with Crippen LogP contribution >= 0.6 is 39.7 Å². The van der Waals surface area contributed by atoms with Gasteiger partial charge in [-0.25, -0.2) is 0 Å². The predicted octanol–water partition coefficient (Wildman–Crippen LogP) is 5.24. The van der Waals surface area contributed by atoms with Crippen LogP contribution in [-0.2, 0) is 0 Å². The van der Waals surface area contributed by atoms with Gasteiger partial charge in [0.2, 0.25) is 0 Å². The van der Waals surface area contributed by atoms with Gasteiger partial charge in [-0.05, 0) is 61.7 Å². The summed E-state index contributed by atoms with van der Waals surface area (Å²) in [5.74, 6) is 0.356. The number of likely N-dealkylation sites (N-methyl/N-ethyl adjacent to an activating group) is 1. The first-order valence-electron chi connectivity index (χ1n) is 10.1. The molecule has 0 saturated carbocycles. The second-order valence-electron chi connectivity index (χ2n) is 7.54. The molecular formula is C23H22BrClN4O2S. The van der Waals surface area contributed by atoms with Crippen LogP contribution in [0, 0.1) is 0 Å². The normalized spacial score (nSPS) is 14.3. The topological polar surface area (TPSA) is 60.8 Å². The Morgan fingerprint density at radius 3 is 2.47 bits per heavy atom. The lowest BCUT2D eigenvalue weighted by Gasteiger charge is -2.34. The molecule has 0 radical (unpaired) electrons. The Morgan fingerprint density at radius 2 is 1.78 bits per heavy atom. The van der Waals surface area contributed by atoms with Crippen LogP contribution < -0.4 is 15.5 Å². The summed E-state index contributed by atoms with van der Waals surface area (Å²) in [5.41, 5.74) is 2.58. The Kier molecular flexibility index (Phi) is 7.15. The molecular weight excluding hydrogens is 512 g/mol. The molecule has 0 atom stereocenters. The average Bonchev–Trinajstić information content (AvgIpc) is 3.26. The number of piperazine rings is 1. The third kappa shape index (κ3) is 5.50. The summed E-state index contributed by atoms with van der Waals surface area (Å²) in [6, 6.07) is 16.7. The van der Waals surface area contributed by atoms with Crippen LogP contribution in [-0.4, -0.2) is 49.1 Å². The van der Waals surface area contributed by atoms with E-state index in [1.165, 1.54) is 0 Å². The summed E-state index contributed by atoms with van der Waals surface area (Å²) in [7, 11) is 2.12. The fourth-order valence-corrected chi connectivity index (χ4v) is 4.22. The van der Waals surface area contributed by atoms with E-state index in [1.807, 2.05) is 42.5 Å².